The second-order valence-electron chi connectivity index (χ2n) is 4.68. The Morgan fingerprint density at radius 2 is 2.19 bits per heavy atom. The lowest BCUT2D eigenvalue weighted by molar-refractivity contribution is 0.627. The normalized spacial score (nSPS) is 23.2. The molecule has 2 N–H and O–H groups in total. The first-order chi connectivity index (χ1) is 7.49. The van der Waals surface area contributed by atoms with E-state index in [9.17, 15) is 4.39 Å². The summed E-state index contributed by atoms with van der Waals surface area (Å²) < 4.78 is 13.3. The van der Waals surface area contributed by atoms with Gasteiger partial charge in [-0.1, -0.05) is 18.5 Å². The van der Waals surface area contributed by atoms with Crippen molar-refractivity contribution in [3.8, 4) is 0 Å². The van der Waals surface area contributed by atoms with Crippen LogP contribution in [-0.4, -0.2) is 13.6 Å². The Hall–Kier alpha value is -0.960. The van der Waals surface area contributed by atoms with Gasteiger partial charge in [0, 0.05) is 19.7 Å². The maximum atomic E-state index is 13.3. The summed E-state index contributed by atoms with van der Waals surface area (Å²) in [6.07, 6.45) is 1.25. The van der Waals surface area contributed by atoms with Crippen LogP contribution in [0.25, 0.3) is 0 Å². The van der Waals surface area contributed by atoms with Gasteiger partial charge in [-0.25, -0.2) is 4.39 Å². The first-order valence-electron chi connectivity index (χ1n) is 5.44. The first kappa shape index (κ1) is 11.5. The minimum atomic E-state index is -0.415. The monoisotopic (exact) mass is 242 g/mol. The molecule has 0 spiro atoms. The molecule has 0 heterocycles. The Morgan fingerprint density at radius 3 is 2.75 bits per heavy atom. The lowest BCUT2D eigenvalue weighted by atomic mass is 10.2. The number of hydrogen-bond acceptors (Lipinski definition) is 2. The van der Waals surface area contributed by atoms with E-state index in [0.29, 0.717) is 11.6 Å². The van der Waals surface area contributed by atoms with Crippen molar-refractivity contribution in [2.24, 2.45) is 11.8 Å². The van der Waals surface area contributed by atoms with Crippen LogP contribution in [-0.2, 0) is 0 Å². The lowest BCUT2D eigenvalue weighted by Crippen LogP contribution is -2.21. The Bertz CT molecular complexity index is 408. The summed E-state index contributed by atoms with van der Waals surface area (Å²) in [5.74, 6) is 1.07. The van der Waals surface area contributed by atoms with Gasteiger partial charge in [-0.15, -0.1) is 0 Å². The molecule has 2 nitrogen and oxygen atoms in total. The molecule has 16 heavy (non-hydrogen) atoms. The summed E-state index contributed by atoms with van der Waals surface area (Å²) in [5.41, 5.74) is 7.08. The highest BCUT2D eigenvalue weighted by Gasteiger charge is 2.33. The van der Waals surface area contributed by atoms with E-state index >= 15 is 0 Å². The van der Waals surface area contributed by atoms with E-state index in [-0.39, 0.29) is 5.02 Å². The number of benzene rings is 1. The summed E-state index contributed by atoms with van der Waals surface area (Å²) in [6.45, 7) is 3.15. The van der Waals surface area contributed by atoms with Crippen molar-refractivity contribution >= 4 is 23.0 Å². The van der Waals surface area contributed by atoms with Gasteiger partial charge in [-0.05, 0) is 24.3 Å². The van der Waals surface area contributed by atoms with Gasteiger partial charge in [0.15, 0.2) is 0 Å². The number of nitrogens with zero attached hydrogens (tertiary/aromatic N) is 1. The van der Waals surface area contributed by atoms with Crippen molar-refractivity contribution < 1.29 is 4.39 Å². The van der Waals surface area contributed by atoms with Crippen molar-refractivity contribution in [2.45, 2.75) is 13.3 Å². The Kier molecular flexibility index (Phi) is 2.98. The molecule has 1 fully saturated rings. The average molecular weight is 243 g/mol. The van der Waals surface area contributed by atoms with Crippen molar-refractivity contribution in [3.05, 3.63) is 23.0 Å². The van der Waals surface area contributed by atoms with Crippen LogP contribution >= 0.6 is 11.6 Å². The Balaban J connectivity index is 2.15. The van der Waals surface area contributed by atoms with Crippen LogP contribution in [0.2, 0.25) is 5.02 Å². The molecular weight excluding hydrogens is 227 g/mol. The smallest absolute Gasteiger partial charge is 0.144 e. The topological polar surface area (TPSA) is 29.3 Å². The predicted octanol–water partition coefficient (Wildman–Crippen LogP) is 3.15. The molecule has 0 saturated heterocycles. The molecule has 1 aliphatic rings. The Labute approximate surface area is 100 Å². The number of rotatable bonds is 3. The summed E-state index contributed by atoms with van der Waals surface area (Å²) in [6, 6.07) is 2.88. The van der Waals surface area contributed by atoms with E-state index in [1.165, 1.54) is 18.6 Å². The molecule has 1 aromatic rings. The summed E-state index contributed by atoms with van der Waals surface area (Å²) >= 11 is 5.66. The van der Waals surface area contributed by atoms with Crippen LogP contribution in [0.3, 0.4) is 0 Å². The molecule has 0 aliphatic heterocycles. The van der Waals surface area contributed by atoms with E-state index < -0.39 is 5.82 Å². The fourth-order valence-corrected chi connectivity index (χ4v) is 2.16. The van der Waals surface area contributed by atoms with Crippen molar-refractivity contribution in [1.82, 2.24) is 0 Å². The zero-order valence-corrected chi connectivity index (χ0v) is 10.3. The molecule has 0 aromatic heterocycles. The van der Waals surface area contributed by atoms with Gasteiger partial charge in [0.2, 0.25) is 0 Å². The van der Waals surface area contributed by atoms with Gasteiger partial charge in [-0.3, -0.25) is 0 Å². The van der Waals surface area contributed by atoms with E-state index in [1.54, 1.807) is 0 Å². The highest BCUT2D eigenvalue weighted by Crippen LogP contribution is 2.39. The van der Waals surface area contributed by atoms with Gasteiger partial charge in [-0.2, -0.15) is 0 Å². The van der Waals surface area contributed by atoms with Crippen molar-refractivity contribution in [1.29, 1.82) is 0 Å². The molecule has 88 valence electrons. The SMILES string of the molecule is CC1CC1CN(C)c1cc(F)c(Cl)cc1N. The van der Waals surface area contributed by atoms with Gasteiger partial charge < -0.3 is 10.6 Å². The highest BCUT2D eigenvalue weighted by molar-refractivity contribution is 6.31. The first-order valence-corrected chi connectivity index (χ1v) is 5.82. The average Bonchev–Trinajstić information content (AvgIpc) is 2.87. The fourth-order valence-electron chi connectivity index (χ4n) is 1.99. The van der Waals surface area contributed by atoms with Crippen LogP contribution in [0.4, 0.5) is 15.8 Å². The van der Waals surface area contributed by atoms with Crippen molar-refractivity contribution in [3.63, 3.8) is 0 Å². The molecule has 0 amide bonds. The third-order valence-corrected chi connectivity index (χ3v) is 3.55. The standard InChI is InChI=1S/C12H16ClFN2/c1-7-3-8(7)6-16(2)12-5-10(14)9(13)4-11(12)15/h4-5,7-8H,3,6,15H2,1-2H3. The molecule has 1 aromatic carbocycles. The number of nitrogen functional groups attached to an aromatic ring is 1. The van der Waals surface area contributed by atoms with Crippen LogP contribution in [0.5, 0.6) is 0 Å². The van der Waals surface area contributed by atoms with Gasteiger partial charge in [0.25, 0.3) is 0 Å². The van der Waals surface area contributed by atoms with Gasteiger partial charge >= 0.3 is 0 Å². The second kappa shape index (κ2) is 4.13. The largest absolute Gasteiger partial charge is 0.397 e. The lowest BCUT2D eigenvalue weighted by Gasteiger charge is -2.21. The summed E-state index contributed by atoms with van der Waals surface area (Å²) in [5, 5.41) is 0.0782. The van der Waals surface area contributed by atoms with E-state index in [1.807, 2.05) is 11.9 Å². The molecule has 2 rings (SSSR count). The van der Waals surface area contributed by atoms with Crippen molar-refractivity contribution in [2.75, 3.05) is 24.2 Å². The molecule has 2 atom stereocenters. The molecule has 0 radical (unpaired) electrons. The number of hydrogen-bond donors (Lipinski definition) is 1. The minimum absolute atomic E-state index is 0.0782. The zero-order valence-electron chi connectivity index (χ0n) is 9.50. The highest BCUT2D eigenvalue weighted by atomic mass is 35.5. The Morgan fingerprint density at radius 1 is 1.56 bits per heavy atom. The molecule has 1 aliphatic carbocycles. The number of nitrogens with two attached hydrogens (primary N) is 1. The zero-order chi connectivity index (χ0) is 11.9. The molecule has 0 bridgehead atoms. The number of halogens is 2. The molecular formula is C12H16ClFN2. The minimum Gasteiger partial charge on any atom is -0.397 e. The maximum Gasteiger partial charge on any atom is 0.144 e. The third-order valence-electron chi connectivity index (χ3n) is 3.27. The van der Waals surface area contributed by atoms with E-state index in [2.05, 4.69) is 6.92 Å². The molecule has 4 heteroatoms. The van der Waals surface area contributed by atoms with Gasteiger partial charge in [0.1, 0.15) is 5.82 Å². The molecule has 1 saturated carbocycles. The van der Waals surface area contributed by atoms with Crippen LogP contribution < -0.4 is 10.6 Å². The molecule has 2 unspecified atom stereocenters. The van der Waals surface area contributed by atoms with E-state index in [4.69, 9.17) is 17.3 Å². The summed E-state index contributed by atoms with van der Waals surface area (Å²) in [7, 11) is 1.93. The third kappa shape index (κ3) is 2.24. The summed E-state index contributed by atoms with van der Waals surface area (Å²) in [4.78, 5) is 2.00. The van der Waals surface area contributed by atoms with Crippen LogP contribution in [0, 0.1) is 17.7 Å². The predicted molar refractivity (Wildman–Crippen MR) is 66.4 cm³/mol. The van der Waals surface area contributed by atoms with E-state index in [0.717, 1.165) is 18.2 Å². The van der Waals surface area contributed by atoms with Crippen LogP contribution in [0.1, 0.15) is 13.3 Å². The fraction of sp³-hybridized carbons (Fsp3) is 0.500. The van der Waals surface area contributed by atoms with Gasteiger partial charge in [0.05, 0.1) is 16.4 Å². The quantitative estimate of drug-likeness (QED) is 0.825. The van der Waals surface area contributed by atoms with Crippen LogP contribution in [0.15, 0.2) is 12.1 Å². The maximum absolute atomic E-state index is 13.3. The second-order valence-corrected chi connectivity index (χ2v) is 5.09. The number of anilines is 2.